The smallest absolute Gasteiger partial charge is 0.232 e. The van der Waals surface area contributed by atoms with Crippen LogP contribution in [0.1, 0.15) is 44.1 Å². The zero-order valence-corrected chi connectivity index (χ0v) is 22.1. The number of anilines is 1. The predicted molar refractivity (Wildman–Crippen MR) is 149 cm³/mol. The summed E-state index contributed by atoms with van der Waals surface area (Å²) in [6.07, 6.45) is 8.51. The number of nitrogens with two attached hydrogens (primary N) is 1. The van der Waals surface area contributed by atoms with Crippen LogP contribution in [0.25, 0.3) is 22.2 Å². The van der Waals surface area contributed by atoms with Gasteiger partial charge in [-0.3, -0.25) is 14.5 Å². The van der Waals surface area contributed by atoms with Gasteiger partial charge >= 0.3 is 0 Å². The molecule has 6 rings (SSSR count). The van der Waals surface area contributed by atoms with Crippen LogP contribution in [0.5, 0.6) is 0 Å². The van der Waals surface area contributed by atoms with Gasteiger partial charge in [-0.25, -0.2) is 14.4 Å². The minimum atomic E-state index is -0.422. The fourth-order valence-corrected chi connectivity index (χ4v) is 6.13. The van der Waals surface area contributed by atoms with Gasteiger partial charge in [0, 0.05) is 30.3 Å². The molecule has 200 valence electrons. The van der Waals surface area contributed by atoms with Crippen LogP contribution in [0.2, 0.25) is 5.02 Å². The number of carbonyl (C=O) groups is 2. The SMILES string of the molecule is NC(=O)[C@@H]1CC[C@@H]1C(=O)N(c1cc(-c2ccc3ncn(Cc4cccc(F)c4)c3c2)c(Cl)cn1)C1CCCC1. The monoisotopic (exact) mass is 545 g/mol. The fraction of sp³-hybridized carbons (Fsp3) is 0.333. The third-order valence-electron chi connectivity index (χ3n) is 8.15. The highest BCUT2D eigenvalue weighted by atomic mass is 35.5. The zero-order valence-electron chi connectivity index (χ0n) is 21.4. The molecule has 7 nitrogen and oxygen atoms in total. The first-order valence-corrected chi connectivity index (χ1v) is 13.7. The molecule has 2 aliphatic rings. The Balaban J connectivity index is 1.36. The van der Waals surface area contributed by atoms with Crippen molar-refractivity contribution in [2.24, 2.45) is 17.6 Å². The van der Waals surface area contributed by atoms with Crippen LogP contribution in [0, 0.1) is 17.7 Å². The number of imidazole rings is 1. The maximum Gasteiger partial charge on any atom is 0.232 e. The number of aromatic nitrogens is 3. The van der Waals surface area contributed by atoms with Crippen LogP contribution >= 0.6 is 11.6 Å². The lowest BCUT2D eigenvalue weighted by Crippen LogP contribution is -2.51. The van der Waals surface area contributed by atoms with Crippen molar-refractivity contribution < 1.29 is 14.0 Å². The number of rotatable bonds is 7. The Kier molecular flexibility index (Phi) is 6.81. The molecule has 0 spiro atoms. The van der Waals surface area contributed by atoms with Crippen LogP contribution in [0.15, 0.2) is 61.1 Å². The molecule has 0 unspecified atom stereocenters. The third-order valence-corrected chi connectivity index (χ3v) is 8.45. The quantitative estimate of drug-likeness (QED) is 0.321. The summed E-state index contributed by atoms with van der Waals surface area (Å²) >= 11 is 6.66. The predicted octanol–water partition coefficient (Wildman–Crippen LogP) is 5.73. The van der Waals surface area contributed by atoms with E-state index >= 15 is 0 Å². The molecule has 9 heteroatoms. The first-order chi connectivity index (χ1) is 18.9. The van der Waals surface area contributed by atoms with E-state index in [9.17, 15) is 14.0 Å². The molecule has 2 N–H and O–H groups in total. The topological polar surface area (TPSA) is 94.1 Å². The molecule has 39 heavy (non-hydrogen) atoms. The van der Waals surface area contributed by atoms with Crippen molar-refractivity contribution in [2.75, 3.05) is 4.90 Å². The second-order valence-electron chi connectivity index (χ2n) is 10.6. The van der Waals surface area contributed by atoms with Gasteiger partial charge in [-0.15, -0.1) is 0 Å². The summed E-state index contributed by atoms with van der Waals surface area (Å²) < 4.78 is 15.7. The van der Waals surface area contributed by atoms with E-state index in [1.807, 2.05) is 34.9 Å². The maximum absolute atomic E-state index is 13.8. The molecular weight excluding hydrogens is 517 g/mol. The average Bonchev–Trinajstić information content (AvgIpc) is 3.55. The highest BCUT2D eigenvalue weighted by molar-refractivity contribution is 6.33. The van der Waals surface area contributed by atoms with Gasteiger partial charge in [0.2, 0.25) is 11.8 Å². The standard InChI is InChI=1S/C30H29ClFN5O2/c31-25-15-34-28(37(21-6-1-2-7-21)30(39)23-10-9-22(23)29(33)38)14-24(25)19-8-11-26-27(13-19)36(17-35-26)16-18-4-3-5-20(32)12-18/h3-5,8,11-15,17,21-23H,1-2,6-7,9-10,16H2,(H2,33,38)/t22-,23+/m1/s1. The van der Waals surface area contributed by atoms with Gasteiger partial charge in [-0.1, -0.05) is 42.6 Å². The normalized spacial score (nSPS) is 19.2. The third kappa shape index (κ3) is 4.89. The molecular formula is C30H29ClFN5O2. The Morgan fingerprint density at radius 2 is 1.82 bits per heavy atom. The molecule has 0 radical (unpaired) electrons. The molecule has 2 aromatic heterocycles. The number of benzene rings is 2. The van der Waals surface area contributed by atoms with Crippen LogP contribution in [0.4, 0.5) is 10.2 Å². The van der Waals surface area contributed by atoms with Gasteiger partial charge in [0.1, 0.15) is 11.6 Å². The van der Waals surface area contributed by atoms with Crippen molar-refractivity contribution in [3.8, 4) is 11.1 Å². The molecule has 2 saturated carbocycles. The summed E-state index contributed by atoms with van der Waals surface area (Å²) in [6, 6.07) is 14.3. The Hall–Kier alpha value is -3.78. The Morgan fingerprint density at radius 1 is 1.03 bits per heavy atom. The second kappa shape index (κ2) is 10.4. The molecule has 2 aliphatic carbocycles. The molecule has 0 aliphatic heterocycles. The van der Waals surface area contributed by atoms with Crippen molar-refractivity contribution in [3.05, 3.63) is 77.5 Å². The van der Waals surface area contributed by atoms with Gasteiger partial charge < -0.3 is 10.3 Å². The van der Waals surface area contributed by atoms with E-state index in [-0.39, 0.29) is 17.8 Å². The van der Waals surface area contributed by atoms with Crippen LogP contribution in [-0.4, -0.2) is 32.4 Å². The van der Waals surface area contributed by atoms with Gasteiger partial charge in [-0.2, -0.15) is 0 Å². The summed E-state index contributed by atoms with van der Waals surface area (Å²) in [5.41, 5.74) is 9.71. The van der Waals surface area contributed by atoms with Crippen LogP contribution in [0.3, 0.4) is 0 Å². The summed E-state index contributed by atoms with van der Waals surface area (Å²) in [4.78, 5) is 36.5. The van der Waals surface area contributed by atoms with Crippen molar-refractivity contribution >= 4 is 40.3 Å². The van der Waals surface area contributed by atoms with Gasteiger partial charge in [0.25, 0.3) is 0 Å². The second-order valence-corrected chi connectivity index (χ2v) is 11.0. The molecule has 2 atom stereocenters. The van der Waals surface area contributed by atoms with Crippen LogP contribution < -0.4 is 10.6 Å². The molecule has 2 aromatic carbocycles. The molecule has 0 bridgehead atoms. The number of halogens is 2. The van der Waals surface area contributed by atoms with Crippen LogP contribution in [-0.2, 0) is 16.1 Å². The van der Waals surface area contributed by atoms with E-state index in [2.05, 4.69) is 9.97 Å². The number of hydrogen-bond donors (Lipinski definition) is 1. The minimum Gasteiger partial charge on any atom is -0.369 e. The molecule has 2 amide bonds. The number of carbonyl (C=O) groups excluding carboxylic acids is 2. The molecule has 4 aromatic rings. The fourth-order valence-electron chi connectivity index (χ4n) is 5.92. The maximum atomic E-state index is 13.8. The lowest BCUT2D eigenvalue weighted by Gasteiger charge is -2.39. The van der Waals surface area contributed by atoms with E-state index < -0.39 is 17.7 Å². The zero-order chi connectivity index (χ0) is 27.1. The summed E-state index contributed by atoms with van der Waals surface area (Å²) in [6.45, 7) is 0.472. The summed E-state index contributed by atoms with van der Waals surface area (Å²) in [5.74, 6) is -1.07. The largest absolute Gasteiger partial charge is 0.369 e. The molecule has 2 fully saturated rings. The van der Waals surface area contributed by atoms with E-state index in [1.165, 1.54) is 12.1 Å². The highest BCUT2D eigenvalue weighted by Crippen LogP contribution is 2.40. The van der Waals surface area contributed by atoms with Gasteiger partial charge in [0.05, 0.1) is 28.3 Å². The van der Waals surface area contributed by atoms with Gasteiger partial charge in [0.15, 0.2) is 0 Å². The highest BCUT2D eigenvalue weighted by Gasteiger charge is 2.44. The summed E-state index contributed by atoms with van der Waals surface area (Å²) in [7, 11) is 0. The average molecular weight is 546 g/mol. The van der Waals surface area contributed by atoms with E-state index in [1.54, 1.807) is 23.5 Å². The van der Waals surface area contributed by atoms with E-state index in [0.29, 0.717) is 30.2 Å². The first-order valence-electron chi connectivity index (χ1n) is 13.4. The van der Waals surface area contributed by atoms with Crippen molar-refractivity contribution in [1.29, 1.82) is 0 Å². The molecule has 0 saturated heterocycles. The summed E-state index contributed by atoms with van der Waals surface area (Å²) in [5, 5.41) is 0.465. The first kappa shape index (κ1) is 25.5. The Bertz CT molecular complexity index is 1560. The van der Waals surface area contributed by atoms with Crippen molar-refractivity contribution in [2.45, 2.75) is 51.1 Å². The van der Waals surface area contributed by atoms with E-state index in [4.69, 9.17) is 17.3 Å². The van der Waals surface area contributed by atoms with Crippen molar-refractivity contribution in [3.63, 3.8) is 0 Å². The Labute approximate surface area is 230 Å². The number of primary amides is 1. The number of nitrogens with zero attached hydrogens (tertiary/aromatic N) is 4. The lowest BCUT2D eigenvalue weighted by atomic mass is 9.72. The number of fused-ring (bicyclic) bond motifs is 1. The number of hydrogen-bond acceptors (Lipinski definition) is 4. The minimum absolute atomic E-state index is 0.0309. The van der Waals surface area contributed by atoms with Crippen molar-refractivity contribution in [1.82, 2.24) is 14.5 Å². The Morgan fingerprint density at radius 3 is 2.54 bits per heavy atom. The lowest BCUT2D eigenvalue weighted by molar-refractivity contribution is -0.137. The van der Waals surface area contributed by atoms with Gasteiger partial charge in [-0.05, 0) is 67.1 Å². The van der Waals surface area contributed by atoms with E-state index in [0.717, 1.165) is 53.4 Å². The number of pyridine rings is 1. The molecule has 2 heterocycles. The number of amides is 2.